The Balaban J connectivity index is 1.25. The van der Waals surface area contributed by atoms with E-state index in [2.05, 4.69) is 46.1 Å². The number of carbonyl (C=O) groups excluding carboxylic acids is 1. The molecule has 5 rings (SSSR count). The summed E-state index contributed by atoms with van der Waals surface area (Å²) in [5, 5.41) is 0.576. The monoisotopic (exact) mass is 433 g/mol. The van der Waals surface area contributed by atoms with Crippen molar-refractivity contribution in [2.24, 2.45) is 0 Å². The number of aromatic amines is 1. The van der Waals surface area contributed by atoms with E-state index in [-0.39, 0.29) is 30.2 Å². The number of H-pyrrole nitrogens is 1. The first-order chi connectivity index (χ1) is 15.5. The van der Waals surface area contributed by atoms with Crippen molar-refractivity contribution in [1.82, 2.24) is 19.4 Å². The molecule has 32 heavy (non-hydrogen) atoms. The molecular formula is C24H24FN5O2. The first kappa shape index (κ1) is 20.2. The molecule has 1 aliphatic rings. The molecule has 0 atom stereocenters. The molecule has 0 bridgehead atoms. The Morgan fingerprint density at radius 1 is 1.12 bits per heavy atom. The van der Waals surface area contributed by atoms with Crippen LogP contribution in [0.3, 0.4) is 0 Å². The van der Waals surface area contributed by atoms with Gasteiger partial charge in [-0.1, -0.05) is 12.1 Å². The molecule has 1 saturated heterocycles. The lowest BCUT2D eigenvalue weighted by Gasteiger charge is -2.36. The van der Waals surface area contributed by atoms with Crippen molar-refractivity contribution in [2.75, 3.05) is 31.1 Å². The van der Waals surface area contributed by atoms with Gasteiger partial charge in [-0.25, -0.2) is 9.37 Å². The van der Waals surface area contributed by atoms with Crippen molar-refractivity contribution in [1.29, 1.82) is 0 Å². The molecule has 3 heterocycles. The summed E-state index contributed by atoms with van der Waals surface area (Å²) in [6.07, 6.45) is 1.66. The average Bonchev–Trinajstić information content (AvgIpc) is 3.17. The predicted molar refractivity (Wildman–Crippen MR) is 122 cm³/mol. The van der Waals surface area contributed by atoms with E-state index in [0.29, 0.717) is 35.0 Å². The minimum absolute atomic E-state index is 0.0274. The summed E-state index contributed by atoms with van der Waals surface area (Å²) in [5.41, 5.74) is 3.57. The molecule has 2 aromatic heterocycles. The molecule has 1 fully saturated rings. The van der Waals surface area contributed by atoms with Crippen LogP contribution in [0.25, 0.3) is 21.9 Å². The number of fused-ring (bicyclic) bond motifs is 3. The Morgan fingerprint density at radius 3 is 2.72 bits per heavy atom. The molecule has 2 aromatic carbocycles. The first-order valence-electron chi connectivity index (χ1n) is 10.8. The maximum Gasteiger partial charge on any atom is 0.277 e. The topological polar surface area (TPSA) is 74.2 Å². The maximum absolute atomic E-state index is 13.6. The van der Waals surface area contributed by atoms with E-state index in [9.17, 15) is 14.0 Å². The van der Waals surface area contributed by atoms with Gasteiger partial charge in [0.2, 0.25) is 5.91 Å². The van der Waals surface area contributed by atoms with Gasteiger partial charge in [0, 0.05) is 55.7 Å². The van der Waals surface area contributed by atoms with Crippen LogP contribution in [0.15, 0.2) is 53.6 Å². The molecule has 0 aliphatic carbocycles. The average molecular weight is 433 g/mol. The number of halogens is 1. The summed E-state index contributed by atoms with van der Waals surface area (Å²) in [7, 11) is 0. The largest absolute Gasteiger partial charge is 0.368 e. The van der Waals surface area contributed by atoms with E-state index >= 15 is 0 Å². The van der Waals surface area contributed by atoms with Crippen molar-refractivity contribution in [2.45, 2.75) is 19.9 Å². The minimum Gasteiger partial charge on any atom is -0.368 e. The number of anilines is 1. The highest BCUT2D eigenvalue weighted by molar-refractivity contribution is 6.04. The number of hydrogen-bond acceptors (Lipinski definition) is 4. The lowest BCUT2D eigenvalue weighted by atomic mass is 10.2. The number of piperazine rings is 1. The van der Waals surface area contributed by atoms with E-state index in [0.717, 1.165) is 13.1 Å². The van der Waals surface area contributed by atoms with Gasteiger partial charge < -0.3 is 14.8 Å². The summed E-state index contributed by atoms with van der Waals surface area (Å²) in [6.45, 7) is 5.22. The smallest absolute Gasteiger partial charge is 0.277 e. The Labute approximate surface area is 184 Å². The molecule has 164 valence electrons. The molecule has 1 aliphatic heterocycles. The van der Waals surface area contributed by atoms with Crippen LogP contribution in [-0.4, -0.2) is 51.5 Å². The van der Waals surface area contributed by atoms with Crippen molar-refractivity contribution >= 4 is 33.5 Å². The zero-order valence-corrected chi connectivity index (χ0v) is 17.8. The molecule has 7 nitrogen and oxygen atoms in total. The third-order valence-electron chi connectivity index (χ3n) is 6.10. The fourth-order valence-electron chi connectivity index (χ4n) is 4.33. The number of rotatable bonds is 4. The predicted octanol–water partition coefficient (Wildman–Crippen LogP) is 3.06. The Kier molecular flexibility index (Phi) is 5.13. The third kappa shape index (κ3) is 3.72. The van der Waals surface area contributed by atoms with Crippen LogP contribution in [0.2, 0.25) is 0 Å². The van der Waals surface area contributed by atoms with Gasteiger partial charge in [0.15, 0.2) is 0 Å². The van der Waals surface area contributed by atoms with Gasteiger partial charge >= 0.3 is 0 Å². The standard InChI is InChI=1S/C24H24FN5O2/c1-16-3-2-4-18(13-16)28-9-11-29(12-10-28)21(31)7-8-30-15-26-22-19-14-17(25)5-6-20(19)27-23(22)24(30)32/h2-6,13-15,27H,7-12H2,1H3. The number of aryl methyl sites for hydroxylation is 2. The maximum atomic E-state index is 13.6. The Bertz CT molecular complexity index is 1370. The number of hydrogen-bond donors (Lipinski definition) is 1. The van der Waals surface area contributed by atoms with E-state index in [1.165, 1.54) is 34.3 Å². The van der Waals surface area contributed by atoms with Gasteiger partial charge in [-0.15, -0.1) is 0 Å². The second kappa shape index (κ2) is 8.11. The second-order valence-corrected chi connectivity index (χ2v) is 8.24. The fourth-order valence-corrected chi connectivity index (χ4v) is 4.33. The second-order valence-electron chi connectivity index (χ2n) is 8.24. The van der Waals surface area contributed by atoms with Gasteiger partial charge in [-0.3, -0.25) is 14.2 Å². The van der Waals surface area contributed by atoms with E-state index < -0.39 is 0 Å². The summed E-state index contributed by atoms with van der Waals surface area (Å²) in [4.78, 5) is 37.1. The van der Waals surface area contributed by atoms with Crippen molar-refractivity contribution in [3.05, 3.63) is 70.5 Å². The molecular weight excluding hydrogens is 409 g/mol. The number of benzene rings is 2. The van der Waals surface area contributed by atoms with Crippen molar-refractivity contribution in [3.8, 4) is 0 Å². The Morgan fingerprint density at radius 2 is 1.94 bits per heavy atom. The van der Waals surface area contributed by atoms with Gasteiger partial charge in [0.1, 0.15) is 16.9 Å². The molecule has 0 unspecified atom stereocenters. The van der Waals surface area contributed by atoms with Crippen LogP contribution in [0.4, 0.5) is 10.1 Å². The number of carbonyl (C=O) groups is 1. The van der Waals surface area contributed by atoms with Gasteiger partial charge in [-0.2, -0.15) is 0 Å². The number of amides is 1. The highest BCUT2D eigenvalue weighted by Crippen LogP contribution is 2.22. The quantitative estimate of drug-likeness (QED) is 0.537. The van der Waals surface area contributed by atoms with Crippen molar-refractivity contribution in [3.63, 3.8) is 0 Å². The minimum atomic E-state index is -0.377. The molecule has 1 N–H and O–H groups in total. The SMILES string of the molecule is Cc1cccc(N2CCN(C(=O)CCn3cnc4c([nH]c5ccc(F)cc54)c3=O)CC2)c1. The van der Waals surface area contributed by atoms with Crippen LogP contribution in [-0.2, 0) is 11.3 Å². The zero-order valence-electron chi connectivity index (χ0n) is 17.8. The summed E-state index contributed by atoms with van der Waals surface area (Å²) < 4.78 is 15.0. The van der Waals surface area contributed by atoms with E-state index in [4.69, 9.17) is 0 Å². The third-order valence-corrected chi connectivity index (χ3v) is 6.10. The molecule has 1 amide bonds. The number of nitrogens with zero attached hydrogens (tertiary/aromatic N) is 4. The molecule has 4 aromatic rings. The van der Waals surface area contributed by atoms with E-state index in [1.54, 1.807) is 6.07 Å². The van der Waals surface area contributed by atoms with Crippen LogP contribution in [0.5, 0.6) is 0 Å². The Hall–Kier alpha value is -3.68. The van der Waals surface area contributed by atoms with Gasteiger partial charge in [0.05, 0.1) is 6.33 Å². The molecule has 0 radical (unpaired) electrons. The van der Waals surface area contributed by atoms with Crippen LogP contribution in [0, 0.1) is 12.7 Å². The van der Waals surface area contributed by atoms with Crippen molar-refractivity contribution < 1.29 is 9.18 Å². The molecule has 8 heteroatoms. The van der Waals surface area contributed by atoms with Crippen LogP contribution < -0.4 is 10.5 Å². The molecule has 0 spiro atoms. The normalized spacial score (nSPS) is 14.4. The lowest BCUT2D eigenvalue weighted by molar-refractivity contribution is -0.131. The first-order valence-corrected chi connectivity index (χ1v) is 10.8. The summed E-state index contributed by atoms with van der Waals surface area (Å²) in [5.74, 6) is -0.350. The number of nitrogens with one attached hydrogen (secondary N) is 1. The van der Waals surface area contributed by atoms with Crippen LogP contribution in [0.1, 0.15) is 12.0 Å². The van der Waals surface area contributed by atoms with Crippen LogP contribution >= 0.6 is 0 Å². The highest BCUT2D eigenvalue weighted by Gasteiger charge is 2.21. The summed E-state index contributed by atoms with van der Waals surface area (Å²) >= 11 is 0. The highest BCUT2D eigenvalue weighted by atomic mass is 19.1. The fraction of sp³-hybridized carbons (Fsp3) is 0.292. The molecule has 0 saturated carbocycles. The van der Waals surface area contributed by atoms with Gasteiger partial charge in [0.25, 0.3) is 5.56 Å². The number of aromatic nitrogens is 3. The van der Waals surface area contributed by atoms with Gasteiger partial charge in [-0.05, 0) is 42.8 Å². The zero-order chi connectivity index (χ0) is 22.2. The summed E-state index contributed by atoms with van der Waals surface area (Å²) in [6, 6.07) is 12.7. The van der Waals surface area contributed by atoms with E-state index in [1.807, 2.05) is 4.90 Å². The lowest BCUT2D eigenvalue weighted by Crippen LogP contribution is -2.49.